The van der Waals surface area contributed by atoms with E-state index in [1.165, 1.54) is 5.56 Å². The molecule has 0 spiro atoms. The summed E-state index contributed by atoms with van der Waals surface area (Å²) in [5.41, 5.74) is 1.36. The molecule has 0 amide bonds. The van der Waals surface area contributed by atoms with E-state index in [4.69, 9.17) is 9.47 Å². The minimum atomic E-state index is -0.161. The molecule has 23 heavy (non-hydrogen) atoms. The molecule has 0 saturated carbocycles. The Morgan fingerprint density at radius 1 is 0.870 bits per heavy atom. The third-order valence-electron chi connectivity index (χ3n) is 4.36. The molecule has 0 N–H and O–H groups in total. The first-order valence-corrected chi connectivity index (χ1v) is 9.20. The molecule has 132 valence electrons. The maximum atomic E-state index is 6.12. The SMILES string of the molecule is CCOC(CC(C(C)C)C(C)C)Oc1ccc(CC(C)C)cc1. The van der Waals surface area contributed by atoms with Crippen molar-refractivity contribution in [1.29, 1.82) is 0 Å². The van der Waals surface area contributed by atoms with Crippen molar-refractivity contribution in [2.24, 2.45) is 23.7 Å². The Morgan fingerprint density at radius 3 is 1.87 bits per heavy atom. The number of rotatable bonds is 10. The smallest absolute Gasteiger partial charge is 0.200 e. The fourth-order valence-corrected chi connectivity index (χ4v) is 3.20. The van der Waals surface area contributed by atoms with Gasteiger partial charge in [-0.1, -0.05) is 53.7 Å². The summed E-state index contributed by atoms with van der Waals surface area (Å²) >= 11 is 0. The van der Waals surface area contributed by atoms with Gasteiger partial charge in [0.05, 0.1) is 0 Å². The van der Waals surface area contributed by atoms with E-state index >= 15 is 0 Å². The van der Waals surface area contributed by atoms with Gasteiger partial charge in [-0.25, -0.2) is 0 Å². The van der Waals surface area contributed by atoms with E-state index in [0.29, 0.717) is 30.3 Å². The Kier molecular flexibility index (Phi) is 8.68. The first-order valence-electron chi connectivity index (χ1n) is 9.20. The Balaban J connectivity index is 2.71. The number of ether oxygens (including phenoxy) is 2. The summed E-state index contributed by atoms with van der Waals surface area (Å²) in [6.07, 6.45) is 1.89. The molecule has 1 aromatic rings. The molecule has 1 unspecified atom stereocenters. The van der Waals surface area contributed by atoms with E-state index in [1.807, 2.05) is 6.92 Å². The van der Waals surface area contributed by atoms with Crippen molar-refractivity contribution in [2.75, 3.05) is 6.61 Å². The third kappa shape index (κ3) is 7.39. The lowest BCUT2D eigenvalue weighted by atomic mass is 9.83. The van der Waals surface area contributed by atoms with Gasteiger partial charge in [0.15, 0.2) is 6.29 Å². The van der Waals surface area contributed by atoms with Crippen molar-refractivity contribution >= 4 is 0 Å². The van der Waals surface area contributed by atoms with Gasteiger partial charge in [-0.2, -0.15) is 0 Å². The first-order chi connectivity index (χ1) is 10.8. The van der Waals surface area contributed by atoms with Crippen LogP contribution in [0.5, 0.6) is 5.75 Å². The Bertz CT molecular complexity index is 412. The van der Waals surface area contributed by atoms with E-state index in [9.17, 15) is 0 Å². The van der Waals surface area contributed by atoms with Gasteiger partial charge in [-0.05, 0) is 54.7 Å². The van der Waals surface area contributed by atoms with Crippen molar-refractivity contribution < 1.29 is 9.47 Å². The second-order valence-corrected chi connectivity index (χ2v) is 7.63. The first kappa shape index (κ1) is 20.0. The van der Waals surface area contributed by atoms with Crippen LogP contribution in [0.2, 0.25) is 0 Å². The van der Waals surface area contributed by atoms with Crippen LogP contribution in [0, 0.1) is 23.7 Å². The van der Waals surface area contributed by atoms with Crippen molar-refractivity contribution in [2.45, 2.75) is 67.6 Å². The third-order valence-corrected chi connectivity index (χ3v) is 4.36. The lowest BCUT2D eigenvalue weighted by molar-refractivity contribution is -0.0948. The molecule has 0 bridgehead atoms. The van der Waals surface area contributed by atoms with Crippen molar-refractivity contribution in [3.8, 4) is 5.75 Å². The lowest BCUT2D eigenvalue weighted by Gasteiger charge is -2.29. The fourth-order valence-electron chi connectivity index (χ4n) is 3.20. The Hall–Kier alpha value is -1.02. The summed E-state index contributed by atoms with van der Waals surface area (Å²) < 4.78 is 12.0. The topological polar surface area (TPSA) is 18.5 Å². The van der Waals surface area contributed by atoms with Crippen molar-refractivity contribution in [3.63, 3.8) is 0 Å². The maximum Gasteiger partial charge on any atom is 0.200 e. The van der Waals surface area contributed by atoms with Crippen LogP contribution in [0.25, 0.3) is 0 Å². The molecule has 2 heteroatoms. The van der Waals surface area contributed by atoms with E-state index in [2.05, 4.69) is 65.8 Å². The van der Waals surface area contributed by atoms with E-state index < -0.39 is 0 Å². The van der Waals surface area contributed by atoms with Gasteiger partial charge in [0, 0.05) is 13.0 Å². The van der Waals surface area contributed by atoms with Gasteiger partial charge in [-0.3, -0.25) is 0 Å². The maximum absolute atomic E-state index is 6.12. The van der Waals surface area contributed by atoms with Crippen LogP contribution >= 0.6 is 0 Å². The molecule has 0 saturated heterocycles. The average molecular weight is 321 g/mol. The van der Waals surface area contributed by atoms with Crippen molar-refractivity contribution in [3.05, 3.63) is 29.8 Å². The standard InChI is InChI=1S/C21H36O2/c1-8-22-21(14-20(16(4)5)17(6)7)23-19-11-9-18(10-12-19)13-15(2)3/h9-12,15-17,20-21H,8,13-14H2,1-7H3. The summed E-state index contributed by atoms with van der Waals surface area (Å²) in [7, 11) is 0. The molecular weight excluding hydrogens is 284 g/mol. The average Bonchev–Trinajstić information content (AvgIpc) is 2.45. The second-order valence-electron chi connectivity index (χ2n) is 7.63. The Morgan fingerprint density at radius 2 is 1.43 bits per heavy atom. The molecule has 0 fully saturated rings. The number of hydrogen-bond acceptors (Lipinski definition) is 2. The number of hydrogen-bond donors (Lipinski definition) is 0. The fraction of sp³-hybridized carbons (Fsp3) is 0.714. The van der Waals surface area contributed by atoms with Crippen LogP contribution in [0.15, 0.2) is 24.3 Å². The molecule has 2 nitrogen and oxygen atoms in total. The van der Waals surface area contributed by atoms with Gasteiger partial charge in [0.2, 0.25) is 0 Å². The lowest BCUT2D eigenvalue weighted by Crippen LogP contribution is -2.28. The molecule has 1 rings (SSSR count). The minimum absolute atomic E-state index is 0.161. The number of benzene rings is 1. The summed E-state index contributed by atoms with van der Waals surface area (Å²) in [5.74, 6) is 3.45. The highest BCUT2D eigenvalue weighted by molar-refractivity contribution is 5.27. The molecule has 0 aliphatic carbocycles. The van der Waals surface area contributed by atoms with E-state index in [0.717, 1.165) is 18.6 Å². The van der Waals surface area contributed by atoms with E-state index in [-0.39, 0.29) is 6.29 Å². The van der Waals surface area contributed by atoms with Gasteiger partial charge in [0.25, 0.3) is 0 Å². The summed E-state index contributed by atoms with van der Waals surface area (Å²) in [5, 5.41) is 0. The van der Waals surface area contributed by atoms with Crippen LogP contribution in [0.3, 0.4) is 0 Å². The highest BCUT2D eigenvalue weighted by Gasteiger charge is 2.23. The highest BCUT2D eigenvalue weighted by Crippen LogP contribution is 2.28. The molecule has 0 heterocycles. The molecule has 1 aromatic carbocycles. The van der Waals surface area contributed by atoms with Crippen LogP contribution in [0.4, 0.5) is 0 Å². The zero-order chi connectivity index (χ0) is 17.4. The minimum Gasteiger partial charge on any atom is -0.465 e. The zero-order valence-corrected chi connectivity index (χ0v) is 16.1. The predicted octanol–water partition coefficient (Wildman–Crippen LogP) is 5.94. The zero-order valence-electron chi connectivity index (χ0n) is 16.1. The summed E-state index contributed by atoms with van der Waals surface area (Å²) in [6.45, 7) is 16.3. The molecule has 1 atom stereocenters. The summed E-state index contributed by atoms with van der Waals surface area (Å²) in [4.78, 5) is 0. The Labute approximate surface area is 143 Å². The molecule has 0 aliphatic heterocycles. The molecular formula is C21H36O2. The molecule has 0 aliphatic rings. The highest BCUT2D eigenvalue weighted by atomic mass is 16.7. The molecule has 0 radical (unpaired) electrons. The van der Waals surface area contributed by atoms with Gasteiger partial charge in [0.1, 0.15) is 5.75 Å². The van der Waals surface area contributed by atoms with Gasteiger partial charge < -0.3 is 9.47 Å². The second kappa shape index (κ2) is 9.97. The predicted molar refractivity (Wildman–Crippen MR) is 98.8 cm³/mol. The summed E-state index contributed by atoms with van der Waals surface area (Å²) in [6, 6.07) is 8.48. The van der Waals surface area contributed by atoms with E-state index in [1.54, 1.807) is 0 Å². The largest absolute Gasteiger partial charge is 0.465 e. The van der Waals surface area contributed by atoms with Crippen LogP contribution in [-0.2, 0) is 11.2 Å². The normalized spacial score (nSPS) is 13.3. The van der Waals surface area contributed by atoms with Gasteiger partial charge in [-0.15, -0.1) is 0 Å². The van der Waals surface area contributed by atoms with Crippen molar-refractivity contribution in [1.82, 2.24) is 0 Å². The quantitative estimate of drug-likeness (QED) is 0.496. The molecule has 0 aromatic heterocycles. The van der Waals surface area contributed by atoms with Crippen LogP contribution in [-0.4, -0.2) is 12.9 Å². The van der Waals surface area contributed by atoms with Crippen LogP contribution < -0.4 is 4.74 Å². The van der Waals surface area contributed by atoms with Crippen LogP contribution in [0.1, 0.15) is 60.5 Å². The van der Waals surface area contributed by atoms with Gasteiger partial charge >= 0.3 is 0 Å². The monoisotopic (exact) mass is 320 g/mol.